The molecule has 0 spiro atoms. The van der Waals surface area contributed by atoms with Crippen LogP contribution >= 0.6 is 11.3 Å². The van der Waals surface area contributed by atoms with Crippen molar-refractivity contribution in [1.82, 2.24) is 20.2 Å². The lowest BCUT2D eigenvalue weighted by Crippen LogP contribution is -2.03. The van der Waals surface area contributed by atoms with Gasteiger partial charge in [0.15, 0.2) is 0 Å². The zero-order valence-corrected chi connectivity index (χ0v) is 11.8. The van der Waals surface area contributed by atoms with E-state index in [2.05, 4.69) is 30.9 Å². The van der Waals surface area contributed by atoms with Crippen LogP contribution in [0.4, 0.5) is 5.82 Å². The maximum atomic E-state index is 4.47. The lowest BCUT2D eigenvalue weighted by atomic mass is 10.1. The van der Waals surface area contributed by atoms with E-state index >= 15 is 0 Å². The molecule has 0 bridgehead atoms. The molecule has 3 aromatic rings. The lowest BCUT2D eigenvalue weighted by Gasteiger charge is -2.04. The van der Waals surface area contributed by atoms with Crippen molar-refractivity contribution in [1.29, 1.82) is 0 Å². The monoisotopic (exact) mass is 285 g/mol. The van der Waals surface area contributed by atoms with Gasteiger partial charge in [-0.05, 0) is 42.2 Å². The normalized spacial score (nSPS) is 14.8. The number of rotatable bonds is 5. The minimum Gasteiger partial charge on any atom is -0.366 e. The fourth-order valence-corrected chi connectivity index (χ4v) is 3.30. The fraction of sp³-hybridized carbons (Fsp3) is 0.357. The van der Waals surface area contributed by atoms with Crippen molar-refractivity contribution >= 4 is 27.4 Å². The van der Waals surface area contributed by atoms with E-state index in [4.69, 9.17) is 0 Å². The summed E-state index contributed by atoms with van der Waals surface area (Å²) in [5.41, 5.74) is 3.62. The number of aryl methyl sites for hydroxylation is 2. The number of aromatic nitrogens is 4. The Balaban J connectivity index is 1.60. The van der Waals surface area contributed by atoms with Crippen LogP contribution in [-0.2, 0) is 12.8 Å². The van der Waals surface area contributed by atoms with Gasteiger partial charge in [-0.25, -0.2) is 9.97 Å². The van der Waals surface area contributed by atoms with Crippen molar-refractivity contribution < 1.29 is 0 Å². The van der Waals surface area contributed by atoms with Crippen molar-refractivity contribution in [3.05, 3.63) is 35.2 Å². The molecule has 0 atom stereocenters. The topological polar surface area (TPSA) is 66.5 Å². The van der Waals surface area contributed by atoms with Crippen LogP contribution in [0.2, 0.25) is 0 Å². The smallest absolute Gasteiger partial charge is 0.147 e. The molecule has 0 saturated heterocycles. The number of hydrogen-bond donors (Lipinski definition) is 2. The number of fused-ring (bicyclic) bond motifs is 1. The van der Waals surface area contributed by atoms with Gasteiger partial charge in [-0.3, -0.25) is 5.10 Å². The average molecular weight is 285 g/mol. The number of anilines is 1. The molecule has 1 aliphatic carbocycles. The first kappa shape index (κ1) is 11.8. The highest BCUT2D eigenvalue weighted by atomic mass is 32.1. The number of thiophene rings is 1. The Morgan fingerprint density at radius 2 is 2.25 bits per heavy atom. The highest BCUT2D eigenvalue weighted by Crippen LogP contribution is 2.32. The standard InChI is InChI=1S/C14H15N5S/c1(9-5-17-18-6-9)2-10-7-20-13-12(10)15-8-16-14(13)19-11-3-4-11/h5-8,11H,1-4H2,(H,17,18)(H,15,16,19). The van der Waals surface area contributed by atoms with E-state index in [1.807, 2.05) is 12.4 Å². The molecule has 5 nitrogen and oxygen atoms in total. The number of aromatic amines is 1. The van der Waals surface area contributed by atoms with Gasteiger partial charge in [0, 0.05) is 12.2 Å². The van der Waals surface area contributed by atoms with Gasteiger partial charge < -0.3 is 5.32 Å². The van der Waals surface area contributed by atoms with Gasteiger partial charge in [0.2, 0.25) is 0 Å². The number of nitrogens with zero attached hydrogens (tertiary/aromatic N) is 3. The molecule has 0 aliphatic heterocycles. The Morgan fingerprint density at radius 3 is 3.05 bits per heavy atom. The molecule has 3 aromatic heterocycles. The third-order valence-corrected chi connectivity index (χ3v) is 4.61. The predicted molar refractivity (Wildman–Crippen MR) is 80.1 cm³/mol. The second-order valence-corrected chi connectivity index (χ2v) is 6.07. The summed E-state index contributed by atoms with van der Waals surface area (Å²) in [6.07, 6.45) is 9.97. The van der Waals surface area contributed by atoms with Gasteiger partial charge in [0.05, 0.1) is 16.4 Å². The molecular weight excluding hydrogens is 270 g/mol. The third kappa shape index (κ3) is 2.27. The Labute approximate surface area is 120 Å². The molecule has 20 heavy (non-hydrogen) atoms. The zero-order chi connectivity index (χ0) is 13.4. The van der Waals surface area contributed by atoms with Crippen LogP contribution in [0, 0.1) is 0 Å². The van der Waals surface area contributed by atoms with E-state index in [0.29, 0.717) is 6.04 Å². The minimum absolute atomic E-state index is 0.615. The largest absolute Gasteiger partial charge is 0.366 e. The molecule has 0 aromatic carbocycles. The van der Waals surface area contributed by atoms with Crippen molar-refractivity contribution in [2.45, 2.75) is 31.7 Å². The Morgan fingerprint density at radius 1 is 1.30 bits per heavy atom. The van der Waals surface area contributed by atoms with Gasteiger partial charge in [0.1, 0.15) is 12.1 Å². The summed E-state index contributed by atoms with van der Waals surface area (Å²) in [4.78, 5) is 8.85. The molecule has 6 heteroatoms. The molecule has 0 unspecified atom stereocenters. The molecule has 0 amide bonds. The van der Waals surface area contributed by atoms with Crippen LogP contribution in [0.3, 0.4) is 0 Å². The van der Waals surface area contributed by atoms with Crippen LogP contribution in [0.25, 0.3) is 10.2 Å². The lowest BCUT2D eigenvalue weighted by molar-refractivity contribution is 0.969. The summed E-state index contributed by atoms with van der Waals surface area (Å²) in [7, 11) is 0. The van der Waals surface area contributed by atoms with E-state index in [0.717, 1.165) is 24.2 Å². The van der Waals surface area contributed by atoms with Gasteiger partial charge in [-0.15, -0.1) is 11.3 Å². The summed E-state index contributed by atoms with van der Waals surface area (Å²) in [5.74, 6) is 0.997. The highest BCUT2D eigenvalue weighted by molar-refractivity contribution is 7.18. The van der Waals surface area contributed by atoms with Crippen LogP contribution in [0.15, 0.2) is 24.1 Å². The minimum atomic E-state index is 0.615. The SMILES string of the molecule is c1nc(NC2CC2)c2scc(CCc3cn[nH]c3)c2n1. The second-order valence-electron chi connectivity index (χ2n) is 5.19. The number of nitrogens with one attached hydrogen (secondary N) is 2. The Kier molecular flexibility index (Phi) is 2.88. The quantitative estimate of drug-likeness (QED) is 0.756. The first-order chi connectivity index (χ1) is 9.90. The summed E-state index contributed by atoms with van der Waals surface area (Å²) in [6, 6.07) is 0.615. The molecular formula is C14H15N5S. The molecule has 1 saturated carbocycles. The molecule has 1 fully saturated rings. The summed E-state index contributed by atoms with van der Waals surface area (Å²) in [6.45, 7) is 0. The predicted octanol–water partition coefficient (Wildman–Crippen LogP) is 2.77. The molecule has 4 rings (SSSR count). The van der Waals surface area contributed by atoms with E-state index in [1.165, 1.54) is 28.7 Å². The van der Waals surface area contributed by atoms with Crippen LogP contribution in [-0.4, -0.2) is 26.2 Å². The first-order valence-corrected chi connectivity index (χ1v) is 7.73. The van der Waals surface area contributed by atoms with E-state index in [-0.39, 0.29) is 0 Å². The highest BCUT2D eigenvalue weighted by Gasteiger charge is 2.23. The van der Waals surface area contributed by atoms with Crippen LogP contribution in [0.1, 0.15) is 24.0 Å². The summed E-state index contributed by atoms with van der Waals surface area (Å²) >= 11 is 1.74. The van der Waals surface area contributed by atoms with Crippen LogP contribution < -0.4 is 5.32 Å². The average Bonchev–Trinajstić information content (AvgIpc) is 2.98. The zero-order valence-electron chi connectivity index (χ0n) is 11.0. The van der Waals surface area contributed by atoms with Gasteiger partial charge in [-0.2, -0.15) is 5.10 Å². The van der Waals surface area contributed by atoms with Crippen molar-refractivity contribution in [3.8, 4) is 0 Å². The van der Waals surface area contributed by atoms with E-state index in [9.17, 15) is 0 Å². The third-order valence-electron chi connectivity index (χ3n) is 3.58. The Bertz CT molecular complexity index is 714. The molecule has 1 aliphatic rings. The number of hydrogen-bond acceptors (Lipinski definition) is 5. The maximum Gasteiger partial charge on any atom is 0.147 e. The second kappa shape index (κ2) is 4.86. The first-order valence-electron chi connectivity index (χ1n) is 6.85. The van der Waals surface area contributed by atoms with E-state index in [1.54, 1.807) is 17.7 Å². The van der Waals surface area contributed by atoms with Gasteiger partial charge in [-0.1, -0.05) is 0 Å². The van der Waals surface area contributed by atoms with Crippen LogP contribution in [0.5, 0.6) is 0 Å². The number of H-pyrrole nitrogens is 1. The molecule has 3 heterocycles. The van der Waals surface area contributed by atoms with Crippen molar-refractivity contribution in [2.75, 3.05) is 5.32 Å². The Hall–Kier alpha value is -1.95. The van der Waals surface area contributed by atoms with Gasteiger partial charge >= 0.3 is 0 Å². The molecule has 102 valence electrons. The fourth-order valence-electron chi connectivity index (χ4n) is 2.29. The molecule has 0 radical (unpaired) electrons. The van der Waals surface area contributed by atoms with Gasteiger partial charge in [0.25, 0.3) is 0 Å². The summed E-state index contributed by atoms with van der Waals surface area (Å²) in [5, 5.41) is 12.5. The van der Waals surface area contributed by atoms with Crippen molar-refractivity contribution in [2.24, 2.45) is 0 Å². The van der Waals surface area contributed by atoms with Crippen molar-refractivity contribution in [3.63, 3.8) is 0 Å². The molecule has 2 N–H and O–H groups in total. The summed E-state index contributed by atoms with van der Waals surface area (Å²) < 4.78 is 1.18. The van der Waals surface area contributed by atoms with E-state index < -0.39 is 0 Å². The maximum absolute atomic E-state index is 4.47.